The van der Waals surface area contributed by atoms with Crippen LogP contribution in [0.5, 0.6) is 0 Å². The van der Waals surface area contributed by atoms with Gasteiger partial charge in [-0.1, -0.05) is 6.07 Å². The first-order valence-electron chi connectivity index (χ1n) is 4.95. The maximum atomic E-state index is 13.0. The molecule has 18 heavy (non-hydrogen) atoms. The lowest BCUT2D eigenvalue weighted by atomic mass is 10.1. The number of halogens is 2. The molecule has 0 saturated carbocycles. The third kappa shape index (κ3) is 2.50. The molecule has 0 bridgehead atoms. The van der Waals surface area contributed by atoms with Gasteiger partial charge in [0.1, 0.15) is 0 Å². The number of nitrogens with zero attached hydrogens (tertiary/aromatic N) is 2. The van der Waals surface area contributed by atoms with Crippen molar-refractivity contribution in [3.8, 4) is 0 Å². The Balaban J connectivity index is 2.16. The van der Waals surface area contributed by atoms with Crippen LogP contribution in [0, 0.1) is 11.6 Å². The highest BCUT2D eigenvalue weighted by Gasteiger charge is 2.15. The molecule has 0 fully saturated rings. The van der Waals surface area contributed by atoms with Crippen LogP contribution in [0.2, 0.25) is 0 Å². The molecule has 5 nitrogen and oxygen atoms in total. The topological polar surface area (TPSA) is 65.2 Å². The summed E-state index contributed by atoms with van der Waals surface area (Å²) in [5, 5.41) is 7.06. The largest absolute Gasteiger partial charge is 0.462 e. The smallest absolute Gasteiger partial charge is 0.396 e. The number of carbonyl (C=O) groups excluding carboxylic acids is 1. The van der Waals surface area contributed by atoms with Crippen LogP contribution < -0.4 is 0 Å². The number of benzene rings is 1. The Morgan fingerprint density at radius 3 is 2.78 bits per heavy atom. The number of methoxy groups -OCH3 is 1. The summed E-state index contributed by atoms with van der Waals surface area (Å²) in [5.41, 5.74) is 0.453. The van der Waals surface area contributed by atoms with Crippen LogP contribution in [-0.2, 0) is 11.2 Å². The van der Waals surface area contributed by atoms with Crippen molar-refractivity contribution >= 4 is 5.97 Å². The summed E-state index contributed by atoms with van der Waals surface area (Å²) in [6.07, 6.45) is 0.0984. The van der Waals surface area contributed by atoms with E-state index >= 15 is 0 Å². The van der Waals surface area contributed by atoms with E-state index in [1.807, 2.05) is 0 Å². The minimum atomic E-state index is -0.958. The molecule has 94 valence electrons. The highest BCUT2D eigenvalue weighted by Crippen LogP contribution is 2.13. The van der Waals surface area contributed by atoms with Crippen molar-refractivity contribution < 1.29 is 22.7 Å². The van der Waals surface area contributed by atoms with Gasteiger partial charge in [0.15, 0.2) is 11.6 Å². The van der Waals surface area contributed by atoms with Crippen molar-refractivity contribution in [1.29, 1.82) is 0 Å². The van der Waals surface area contributed by atoms with Gasteiger partial charge in [0.2, 0.25) is 5.89 Å². The van der Waals surface area contributed by atoms with Crippen molar-refractivity contribution in [1.82, 2.24) is 10.2 Å². The first-order chi connectivity index (χ1) is 8.60. The molecule has 0 aliphatic heterocycles. The SMILES string of the molecule is COC(=O)c1nnc(Cc2ccc(F)c(F)c2)o1. The molecule has 0 aliphatic rings. The average Bonchev–Trinajstić information content (AvgIpc) is 2.81. The third-order valence-corrected chi connectivity index (χ3v) is 2.17. The quantitative estimate of drug-likeness (QED) is 0.780. The lowest BCUT2D eigenvalue weighted by molar-refractivity contribution is 0.0554. The number of rotatable bonds is 3. The second kappa shape index (κ2) is 4.91. The first-order valence-corrected chi connectivity index (χ1v) is 4.95. The van der Waals surface area contributed by atoms with Gasteiger partial charge in [-0.25, -0.2) is 13.6 Å². The minimum absolute atomic E-state index is 0.0984. The fourth-order valence-corrected chi connectivity index (χ4v) is 1.32. The number of esters is 1. The van der Waals surface area contributed by atoms with Gasteiger partial charge in [0.05, 0.1) is 13.5 Å². The Morgan fingerprint density at radius 1 is 1.33 bits per heavy atom. The summed E-state index contributed by atoms with van der Waals surface area (Å²) in [6.45, 7) is 0. The monoisotopic (exact) mass is 254 g/mol. The molecule has 0 saturated heterocycles. The molecule has 7 heteroatoms. The van der Waals surface area contributed by atoms with Crippen LogP contribution in [0.15, 0.2) is 22.6 Å². The Bertz CT molecular complexity index is 583. The molecule has 2 rings (SSSR count). The van der Waals surface area contributed by atoms with E-state index in [9.17, 15) is 13.6 Å². The molecular weight excluding hydrogens is 246 g/mol. The first kappa shape index (κ1) is 12.2. The molecule has 1 aromatic heterocycles. The normalized spacial score (nSPS) is 10.4. The lowest BCUT2D eigenvalue weighted by Gasteiger charge is -1.98. The van der Waals surface area contributed by atoms with E-state index in [0.717, 1.165) is 12.1 Å². The van der Waals surface area contributed by atoms with Gasteiger partial charge in [0.25, 0.3) is 0 Å². The molecule has 0 radical (unpaired) electrons. The van der Waals surface area contributed by atoms with Crippen molar-refractivity contribution in [2.45, 2.75) is 6.42 Å². The molecular formula is C11H8F2N2O3. The maximum absolute atomic E-state index is 13.0. The van der Waals surface area contributed by atoms with Gasteiger partial charge in [0, 0.05) is 0 Å². The lowest BCUT2D eigenvalue weighted by Crippen LogP contribution is -2.00. The van der Waals surface area contributed by atoms with Crippen LogP contribution in [0.4, 0.5) is 8.78 Å². The van der Waals surface area contributed by atoms with E-state index < -0.39 is 17.6 Å². The standard InChI is InChI=1S/C11H8F2N2O3/c1-17-11(16)10-15-14-9(18-10)5-6-2-3-7(12)8(13)4-6/h2-4H,5H2,1H3. The molecule has 1 aromatic carbocycles. The molecule has 0 spiro atoms. The van der Waals surface area contributed by atoms with E-state index in [0.29, 0.717) is 5.56 Å². The van der Waals surface area contributed by atoms with Gasteiger partial charge in [-0.2, -0.15) is 0 Å². The zero-order valence-corrected chi connectivity index (χ0v) is 9.31. The van der Waals surface area contributed by atoms with Crippen LogP contribution in [0.3, 0.4) is 0 Å². The average molecular weight is 254 g/mol. The van der Waals surface area contributed by atoms with E-state index in [2.05, 4.69) is 14.9 Å². The Hall–Kier alpha value is -2.31. The minimum Gasteiger partial charge on any atom is -0.462 e. The fourth-order valence-electron chi connectivity index (χ4n) is 1.32. The molecule has 0 N–H and O–H groups in total. The van der Waals surface area contributed by atoms with Gasteiger partial charge in [-0.3, -0.25) is 0 Å². The highest BCUT2D eigenvalue weighted by atomic mass is 19.2. The Kier molecular flexibility index (Phi) is 3.31. The maximum Gasteiger partial charge on any atom is 0.396 e. The van der Waals surface area contributed by atoms with Crippen molar-refractivity contribution in [2.24, 2.45) is 0 Å². The molecule has 0 aliphatic carbocycles. The molecule has 2 aromatic rings. The number of hydrogen-bond donors (Lipinski definition) is 0. The highest BCUT2D eigenvalue weighted by molar-refractivity contribution is 5.83. The second-order valence-electron chi connectivity index (χ2n) is 3.42. The zero-order chi connectivity index (χ0) is 13.1. The summed E-state index contributed by atoms with van der Waals surface area (Å²) < 4.78 is 35.0. The summed E-state index contributed by atoms with van der Waals surface area (Å²) in [7, 11) is 1.18. The number of hydrogen-bond acceptors (Lipinski definition) is 5. The molecule has 0 atom stereocenters. The van der Waals surface area contributed by atoms with Crippen LogP contribution in [-0.4, -0.2) is 23.3 Å². The van der Waals surface area contributed by atoms with E-state index in [1.54, 1.807) is 0 Å². The van der Waals surface area contributed by atoms with E-state index in [1.165, 1.54) is 13.2 Å². The summed E-state index contributed by atoms with van der Waals surface area (Å²) in [6, 6.07) is 3.42. The molecule has 1 heterocycles. The predicted octanol–water partition coefficient (Wildman–Crippen LogP) is 1.73. The number of carbonyl (C=O) groups is 1. The summed E-state index contributed by atoms with van der Waals surface area (Å²) in [5.74, 6) is -2.81. The summed E-state index contributed by atoms with van der Waals surface area (Å²) in [4.78, 5) is 11.0. The Labute approximate surface area is 100 Å². The Morgan fingerprint density at radius 2 is 2.11 bits per heavy atom. The molecule has 0 unspecified atom stereocenters. The van der Waals surface area contributed by atoms with E-state index in [4.69, 9.17) is 4.42 Å². The second-order valence-corrected chi connectivity index (χ2v) is 3.42. The van der Waals surface area contributed by atoms with Crippen molar-refractivity contribution in [3.63, 3.8) is 0 Å². The van der Waals surface area contributed by atoms with Gasteiger partial charge in [-0.15, -0.1) is 10.2 Å². The third-order valence-electron chi connectivity index (χ3n) is 2.17. The van der Waals surface area contributed by atoms with Crippen molar-refractivity contribution in [3.05, 3.63) is 47.2 Å². The molecule has 0 amide bonds. The van der Waals surface area contributed by atoms with Gasteiger partial charge in [-0.05, 0) is 17.7 Å². The van der Waals surface area contributed by atoms with Gasteiger partial charge < -0.3 is 9.15 Å². The number of aromatic nitrogens is 2. The van der Waals surface area contributed by atoms with Gasteiger partial charge >= 0.3 is 11.9 Å². The number of ether oxygens (including phenoxy) is 1. The van der Waals surface area contributed by atoms with Crippen LogP contribution in [0.1, 0.15) is 22.1 Å². The van der Waals surface area contributed by atoms with E-state index in [-0.39, 0.29) is 18.2 Å². The fraction of sp³-hybridized carbons (Fsp3) is 0.182. The van der Waals surface area contributed by atoms with Crippen LogP contribution >= 0.6 is 0 Å². The van der Waals surface area contributed by atoms with Crippen LogP contribution in [0.25, 0.3) is 0 Å². The van der Waals surface area contributed by atoms with Crippen molar-refractivity contribution in [2.75, 3.05) is 7.11 Å². The summed E-state index contributed by atoms with van der Waals surface area (Å²) >= 11 is 0. The predicted molar refractivity (Wildman–Crippen MR) is 54.8 cm³/mol. The zero-order valence-electron chi connectivity index (χ0n) is 9.31.